The van der Waals surface area contributed by atoms with Gasteiger partial charge in [0.05, 0.1) is 5.69 Å². The van der Waals surface area contributed by atoms with Crippen LogP contribution in [0.25, 0.3) is 0 Å². The van der Waals surface area contributed by atoms with Crippen LogP contribution in [0.4, 0.5) is 10.1 Å². The van der Waals surface area contributed by atoms with Crippen LogP contribution < -0.4 is 10.2 Å². The number of anilines is 1. The van der Waals surface area contributed by atoms with Gasteiger partial charge in [-0.1, -0.05) is 26.0 Å². The molecule has 2 aliphatic rings. The average molecular weight is 290 g/mol. The molecule has 2 fully saturated rings. The normalized spacial score (nSPS) is 18.3. The van der Waals surface area contributed by atoms with Crippen LogP contribution >= 0.6 is 0 Å². The molecule has 0 aliphatic heterocycles. The van der Waals surface area contributed by atoms with Crippen LogP contribution in [0.1, 0.15) is 45.1 Å². The third-order valence-corrected chi connectivity index (χ3v) is 4.44. The van der Waals surface area contributed by atoms with Crippen molar-refractivity contribution in [3.05, 3.63) is 29.6 Å². The highest BCUT2D eigenvalue weighted by Gasteiger charge is 2.31. The molecule has 0 bridgehead atoms. The van der Waals surface area contributed by atoms with Crippen molar-refractivity contribution in [3.63, 3.8) is 0 Å². The highest BCUT2D eigenvalue weighted by molar-refractivity contribution is 5.55. The monoisotopic (exact) mass is 290 g/mol. The lowest BCUT2D eigenvalue weighted by Gasteiger charge is -2.28. The Morgan fingerprint density at radius 2 is 1.76 bits per heavy atom. The van der Waals surface area contributed by atoms with Crippen molar-refractivity contribution in [1.29, 1.82) is 0 Å². The fourth-order valence-corrected chi connectivity index (χ4v) is 2.85. The highest BCUT2D eigenvalue weighted by Crippen LogP contribution is 2.37. The number of hydrogen-bond acceptors (Lipinski definition) is 2. The molecule has 1 aromatic rings. The van der Waals surface area contributed by atoms with E-state index in [2.05, 4.69) is 30.1 Å². The summed E-state index contributed by atoms with van der Waals surface area (Å²) >= 11 is 0. The predicted octanol–water partition coefficient (Wildman–Crippen LogP) is 3.95. The summed E-state index contributed by atoms with van der Waals surface area (Å²) in [5, 5.41) is 3.43. The molecule has 0 aromatic heterocycles. The number of para-hydroxylation sites is 1. The molecular formula is C18H27FN2. The molecule has 21 heavy (non-hydrogen) atoms. The predicted molar refractivity (Wildman–Crippen MR) is 86.0 cm³/mol. The number of benzene rings is 1. The Morgan fingerprint density at radius 3 is 2.29 bits per heavy atom. The van der Waals surface area contributed by atoms with E-state index in [9.17, 15) is 4.39 Å². The Balaban J connectivity index is 1.80. The average Bonchev–Trinajstić information content (AvgIpc) is 3.31. The summed E-state index contributed by atoms with van der Waals surface area (Å²) in [7, 11) is 0. The third-order valence-electron chi connectivity index (χ3n) is 4.44. The molecule has 2 nitrogen and oxygen atoms in total. The first-order valence-electron chi connectivity index (χ1n) is 8.39. The van der Waals surface area contributed by atoms with Gasteiger partial charge >= 0.3 is 0 Å². The van der Waals surface area contributed by atoms with E-state index in [1.807, 2.05) is 6.07 Å². The Morgan fingerprint density at radius 1 is 1.14 bits per heavy atom. The minimum absolute atomic E-state index is 0.0562. The molecule has 116 valence electrons. The van der Waals surface area contributed by atoms with Crippen molar-refractivity contribution in [2.75, 3.05) is 18.0 Å². The van der Waals surface area contributed by atoms with Gasteiger partial charge in [0.25, 0.3) is 0 Å². The van der Waals surface area contributed by atoms with Crippen molar-refractivity contribution >= 4 is 5.69 Å². The Hall–Kier alpha value is -1.09. The van der Waals surface area contributed by atoms with Gasteiger partial charge in [-0.3, -0.25) is 0 Å². The molecule has 0 saturated heterocycles. The zero-order chi connectivity index (χ0) is 14.8. The first-order valence-corrected chi connectivity index (χ1v) is 8.39. The quantitative estimate of drug-likeness (QED) is 0.780. The minimum atomic E-state index is -0.0562. The van der Waals surface area contributed by atoms with Crippen LogP contribution in [0, 0.1) is 17.7 Å². The number of hydrogen-bond donors (Lipinski definition) is 1. The van der Waals surface area contributed by atoms with Crippen molar-refractivity contribution in [3.8, 4) is 0 Å². The van der Waals surface area contributed by atoms with Crippen molar-refractivity contribution in [1.82, 2.24) is 5.32 Å². The maximum absolute atomic E-state index is 14.5. The maximum atomic E-state index is 14.5. The summed E-state index contributed by atoms with van der Waals surface area (Å²) in [4.78, 5) is 2.34. The second-order valence-electron chi connectivity index (χ2n) is 7.07. The van der Waals surface area contributed by atoms with Crippen molar-refractivity contribution < 1.29 is 4.39 Å². The van der Waals surface area contributed by atoms with E-state index in [1.54, 1.807) is 6.07 Å². The van der Waals surface area contributed by atoms with Crippen LogP contribution in [0.15, 0.2) is 18.2 Å². The van der Waals surface area contributed by atoms with E-state index < -0.39 is 0 Å². The SMILES string of the molecule is CC(C)NCc1cccc(F)c1N(CC1CC1)CC1CC1. The molecular weight excluding hydrogens is 263 g/mol. The van der Waals surface area contributed by atoms with Gasteiger partial charge in [-0.25, -0.2) is 4.39 Å². The molecule has 0 atom stereocenters. The Bertz CT molecular complexity index is 464. The third kappa shape index (κ3) is 4.19. The smallest absolute Gasteiger partial charge is 0.146 e. The molecule has 0 amide bonds. The van der Waals surface area contributed by atoms with Crippen molar-refractivity contribution in [2.45, 2.75) is 52.1 Å². The van der Waals surface area contributed by atoms with Gasteiger partial charge in [-0.2, -0.15) is 0 Å². The number of halogens is 1. The summed E-state index contributed by atoms with van der Waals surface area (Å²) in [6, 6.07) is 5.94. The van der Waals surface area contributed by atoms with Gasteiger partial charge < -0.3 is 10.2 Å². The van der Waals surface area contributed by atoms with Crippen LogP contribution in [-0.4, -0.2) is 19.1 Å². The fourth-order valence-electron chi connectivity index (χ4n) is 2.85. The largest absolute Gasteiger partial charge is 0.368 e. The van der Waals surface area contributed by atoms with Gasteiger partial charge in [0.15, 0.2) is 0 Å². The molecule has 1 aromatic carbocycles. The van der Waals surface area contributed by atoms with Crippen molar-refractivity contribution in [2.24, 2.45) is 11.8 Å². The Labute approximate surface area is 127 Å². The summed E-state index contributed by atoms with van der Waals surface area (Å²) in [6.45, 7) is 7.07. The summed E-state index contributed by atoms with van der Waals surface area (Å²) in [5.41, 5.74) is 1.95. The van der Waals surface area contributed by atoms with E-state index in [4.69, 9.17) is 0 Å². The molecule has 0 spiro atoms. The molecule has 2 saturated carbocycles. The lowest BCUT2D eigenvalue weighted by Crippen LogP contribution is -2.31. The lowest BCUT2D eigenvalue weighted by molar-refractivity contribution is 0.571. The van der Waals surface area contributed by atoms with Gasteiger partial charge in [0.1, 0.15) is 5.82 Å². The fraction of sp³-hybridized carbons (Fsp3) is 0.667. The summed E-state index contributed by atoms with van der Waals surface area (Å²) in [5.74, 6) is 1.52. The van der Waals surface area contributed by atoms with E-state index in [1.165, 1.54) is 25.7 Å². The highest BCUT2D eigenvalue weighted by atomic mass is 19.1. The first kappa shape index (κ1) is 14.8. The molecule has 2 aliphatic carbocycles. The van der Waals surface area contributed by atoms with E-state index in [0.29, 0.717) is 6.04 Å². The number of nitrogens with zero attached hydrogens (tertiary/aromatic N) is 1. The summed E-state index contributed by atoms with van der Waals surface area (Å²) in [6.07, 6.45) is 5.26. The molecule has 3 rings (SSSR count). The zero-order valence-electron chi connectivity index (χ0n) is 13.2. The maximum Gasteiger partial charge on any atom is 0.146 e. The van der Waals surface area contributed by atoms with Gasteiger partial charge in [-0.15, -0.1) is 0 Å². The molecule has 0 radical (unpaired) electrons. The molecule has 3 heteroatoms. The van der Waals surface area contributed by atoms with Gasteiger partial charge in [0.2, 0.25) is 0 Å². The Kier molecular flexibility index (Phi) is 4.48. The van der Waals surface area contributed by atoms with Gasteiger partial charge in [-0.05, 0) is 49.1 Å². The van der Waals surface area contributed by atoms with E-state index >= 15 is 0 Å². The minimum Gasteiger partial charge on any atom is -0.368 e. The first-order chi connectivity index (χ1) is 10.1. The van der Waals surface area contributed by atoms with Crippen LogP contribution in [0.2, 0.25) is 0 Å². The van der Waals surface area contributed by atoms with E-state index in [-0.39, 0.29) is 5.82 Å². The second kappa shape index (κ2) is 6.35. The van der Waals surface area contributed by atoms with Crippen LogP contribution in [0.3, 0.4) is 0 Å². The van der Waals surface area contributed by atoms with Crippen LogP contribution in [0.5, 0.6) is 0 Å². The standard InChI is InChI=1S/C18H27FN2/c1-13(2)20-10-16-4-3-5-17(19)18(16)21(11-14-6-7-14)12-15-8-9-15/h3-5,13-15,20H,6-12H2,1-2H3. The lowest BCUT2D eigenvalue weighted by atomic mass is 10.1. The second-order valence-corrected chi connectivity index (χ2v) is 7.07. The molecule has 0 heterocycles. The topological polar surface area (TPSA) is 15.3 Å². The summed E-state index contributed by atoms with van der Waals surface area (Å²) < 4.78 is 14.5. The number of rotatable bonds is 8. The zero-order valence-corrected chi connectivity index (χ0v) is 13.2. The van der Waals surface area contributed by atoms with E-state index in [0.717, 1.165) is 42.7 Å². The van der Waals surface area contributed by atoms with Gasteiger partial charge in [0, 0.05) is 25.7 Å². The molecule has 1 N–H and O–H groups in total. The van der Waals surface area contributed by atoms with Crippen LogP contribution in [-0.2, 0) is 6.54 Å². The molecule has 0 unspecified atom stereocenters. The number of nitrogens with one attached hydrogen (secondary N) is 1.